The van der Waals surface area contributed by atoms with Crippen molar-refractivity contribution in [2.24, 2.45) is 0 Å². The van der Waals surface area contributed by atoms with Gasteiger partial charge in [0.25, 0.3) is 0 Å². The van der Waals surface area contributed by atoms with Crippen molar-refractivity contribution >= 4 is 0 Å². The summed E-state index contributed by atoms with van der Waals surface area (Å²) < 4.78 is 11.3. The fraction of sp³-hybridized carbons (Fsp3) is 0.189. The molecule has 4 heteroatoms. The first-order chi connectivity index (χ1) is 20.1. The normalized spacial score (nSPS) is 16.5. The molecule has 1 aliphatic carbocycles. The molecule has 0 bridgehead atoms. The molecule has 0 fully saturated rings. The average Bonchev–Trinajstić information content (AvgIpc) is 3.01. The van der Waals surface area contributed by atoms with Crippen LogP contribution in [0.25, 0.3) is 0 Å². The van der Waals surface area contributed by atoms with E-state index in [1.807, 2.05) is 66.7 Å². The lowest BCUT2D eigenvalue weighted by molar-refractivity contribution is 0.216. The number of rotatable bonds is 2. The van der Waals surface area contributed by atoms with Gasteiger partial charge >= 0.3 is 0 Å². The van der Waals surface area contributed by atoms with Gasteiger partial charge in [0.15, 0.2) is 11.5 Å². The second-order valence-corrected chi connectivity index (χ2v) is 10.6. The molecule has 2 N–H and O–H groups in total. The fourth-order valence-corrected chi connectivity index (χ4v) is 6.08. The Morgan fingerprint density at radius 2 is 0.780 bits per heavy atom. The van der Waals surface area contributed by atoms with E-state index in [9.17, 15) is 10.2 Å². The van der Waals surface area contributed by atoms with Gasteiger partial charge in [0.05, 0.1) is 14.2 Å². The van der Waals surface area contributed by atoms with Crippen LogP contribution in [-0.2, 0) is 19.3 Å². The molecule has 4 nitrogen and oxygen atoms in total. The van der Waals surface area contributed by atoms with E-state index >= 15 is 0 Å². The summed E-state index contributed by atoms with van der Waals surface area (Å²) in [6.45, 7) is 0. The minimum atomic E-state index is -0.882. The van der Waals surface area contributed by atoms with E-state index in [2.05, 4.69) is 42.5 Å². The molecule has 5 aromatic rings. The summed E-state index contributed by atoms with van der Waals surface area (Å²) >= 11 is 0. The summed E-state index contributed by atoms with van der Waals surface area (Å²) in [7, 11) is 3.23. The largest absolute Gasteiger partial charge is 0.493 e. The van der Waals surface area contributed by atoms with Gasteiger partial charge in [0, 0.05) is 0 Å². The summed E-state index contributed by atoms with van der Waals surface area (Å²) in [6, 6.07) is 36.6. The van der Waals surface area contributed by atoms with Gasteiger partial charge in [-0.05, 0) is 87.0 Å². The van der Waals surface area contributed by atoms with Crippen molar-refractivity contribution in [2.45, 2.75) is 31.5 Å². The Morgan fingerprint density at radius 3 is 1.22 bits per heavy atom. The van der Waals surface area contributed by atoms with Gasteiger partial charge in [0.2, 0.25) is 0 Å². The third-order valence-corrected chi connectivity index (χ3v) is 8.25. The van der Waals surface area contributed by atoms with E-state index in [1.165, 1.54) is 11.1 Å². The van der Waals surface area contributed by atoms with Crippen LogP contribution in [0.5, 0.6) is 11.5 Å². The topological polar surface area (TPSA) is 58.9 Å². The van der Waals surface area contributed by atoms with Gasteiger partial charge in [-0.25, -0.2) is 0 Å². The molecule has 0 aromatic heterocycles. The van der Waals surface area contributed by atoms with Gasteiger partial charge in [-0.15, -0.1) is 0 Å². The first-order valence-electron chi connectivity index (χ1n) is 14.0. The number of methoxy groups -OCH3 is 2. The lowest BCUT2D eigenvalue weighted by Gasteiger charge is -2.23. The van der Waals surface area contributed by atoms with E-state index in [0.29, 0.717) is 30.8 Å². The summed E-state index contributed by atoms with van der Waals surface area (Å²) in [4.78, 5) is 0. The lowest BCUT2D eigenvalue weighted by Crippen LogP contribution is -2.10. The van der Waals surface area contributed by atoms with Gasteiger partial charge < -0.3 is 19.7 Å². The van der Waals surface area contributed by atoms with Gasteiger partial charge in [0.1, 0.15) is 12.2 Å². The summed E-state index contributed by atoms with van der Waals surface area (Å²) in [5.74, 6) is 1.16. The van der Waals surface area contributed by atoms with Crippen LogP contribution in [0.2, 0.25) is 0 Å². The molecule has 0 saturated carbocycles. The van der Waals surface area contributed by atoms with Crippen molar-refractivity contribution in [3.8, 4) is 11.5 Å². The second-order valence-electron chi connectivity index (χ2n) is 10.6. The van der Waals surface area contributed by atoms with E-state index in [4.69, 9.17) is 9.47 Å². The van der Waals surface area contributed by atoms with Gasteiger partial charge in [-0.3, -0.25) is 0 Å². The maximum absolute atomic E-state index is 12.0. The van der Waals surface area contributed by atoms with Crippen LogP contribution in [0, 0.1) is 0 Å². The zero-order valence-corrected chi connectivity index (χ0v) is 23.4. The smallest absolute Gasteiger partial charge is 0.161 e. The third-order valence-electron chi connectivity index (χ3n) is 8.25. The Hall–Kier alpha value is -4.38. The quantitative estimate of drug-likeness (QED) is 0.253. The Balaban J connectivity index is 1.62. The highest BCUT2D eigenvalue weighted by molar-refractivity contribution is 5.54. The molecule has 2 atom stereocenters. The number of ether oxygens (including phenoxy) is 2. The number of aliphatic hydroxyl groups is 2. The predicted molar refractivity (Wildman–Crippen MR) is 162 cm³/mol. The molecule has 0 heterocycles. The Bertz CT molecular complexity index is 1690. The van der Waals surface area contributed by atoms with Crippen molar-refractivity contribution in [2.75, 3.05) is 14.2 Å². The molecule has 1 aliphatic rings. The molecule has 2 unspecified atom stereocenters. The minimum absolute atomic E-state index is 0.505. The molecule has 41 heavy (non-hydrogen) atoms. The molecular formula is C37H34O4. The number of fused-ring (bicyclic) bond motifs is 5. The predicted octanol–water partition coefficient (Wildman–Crippen LogP) is 6.95. The molecule has 0 spiro atoms. The number of hydrogen-bond acceptors (Lipinski definition) is 4. The number of aliphatic hydroxyl groups excluding tert-OH is 2. The van der Waals surface area contributed by atoms with Crippen LogP contribution in [0.1, 0.15) is 67.8 Å². The molecule has 0 saturated heterocycles. The molecule has 6 rings (SSSR count). The number of hydrogen-bond donors (Lipinski definition) is 2. The Labute approximate surface area is 241 Å². The molecule has 0 amide bonds. The van der Waals surface area contributed by atoms with Crippen LogP contribution < -0.4 is 9.47 Å². The molecule has 0 radical (unpaired) electrons. The molecule has 206 valence electrons. The minimum Gasteiger partial charge on any atom is -0.493 e. The van der Waals surface area contributed by atoms with Crippen molar-refractivity contribution in [3.63, 3.8) is 0 Å². The highest BCUT2D eigenvalue weighted by atomic mass is 16.5. The first kappa shape index (κ1) is 26.8. The van der Waals surface area contributed by atoms with E-state index < -0.39 is 12.2 Å². The maximum atomic E-state index is 12.0. The van der Waals surface area contributed by atoms with E-state index in [-0.39, 0.29) is 0 Å². The van der Waals surface area contributed by atoms with Gasteiger partial charge in [-0.2, -0.15) is 0 Å². The Kier molecular flexibility index (Phi) is 7.60. The van der Waals surface area contributed by atoms with Gasteiger partial charge in [-0.1, -0.05) is 97.1 Å². The van der Waals surface area contributed by atoms with Crippen molar-refractivity contribution in [1.82, 2.24) is 0 Å². The zero-order valence-electron chi connectivity index (χ0n) is 23.4. The van der Waals surface area contributed by atoms with Crippen LogP contribution in [0.3, 0.4) is 0 Å². The van der Waals surface area contributed by atoms with Crippen LogP contribution in [0.4, 0.5) is 0 Å². The van der Waals surface area contributed by atoms with Crippen LogP contribution in [0.15, 0.2) is 109 Å². The van der Waals surface area contributed by atoms with Crippen LogP contribution in [-0.4, -0.2) is 24.4 Å². The maximum Gasteiger partial charge on any atom is 0.161 e. The first-order valence-corrected chi connectivity index (χ1v) is 14.0. The summed E-state index contributed by atoms with van der Waals surface area (Å²) in [6.07, 6.45) is 0.199. The van der Waals surface area contributed by atoms with Crippen LogP contribution >= 0.6 is 0 Å². The van der Waals surface area contributed by atoms with E-state index in [0.717, 1.165) is 44.5 Å². The molecule has 0 aliphatic heterocycles. The third kappa shape index (κ3) is 5.24. The lowest BCUT2D eigenvalue weighted by atomic mass is 9.87. The molecule has 5 aromatic carbocycles. The van der Waals surface area contributed by atoms with Crippen molar-refractivity contribution in [3.05, 3.63) is 165 Å². The van der Waals surface area contributed by atoms with Crippen molar-refractivity contribution in [1.29, 1.82) is 0 Å². The molecular weight excluding hydrogens is 508 g/mol. The fourth-order valence-electron chi connectivity index (χ4n) is 6.08. The summed E-state index contributed by atoms with van der Waals surface area (Å²) in [5, 5.41) is 23.9. The van der Waals surface area contributed by atoms with E-state index in [1.54, 1.807) is 14.2 Å². The standard InChI is InChI=1S/C37H34O4/c1-40-34-22-29-21-28-15-7-9-17-31(28)36(38)30-16-8-5-13-26(30)19-24-11-3-4-12-25(24)20-27-14-6-10-18-32(27)37(39)33(29)23-35(34)41-2/h3-18,22-23,36-39H,19-21H2,1-2H3. The summed E-state index contributed by atoms with van der Waals surface area (Å²) in [5.41, 5.74) is 9.81. The number of benzene rings is 5. The monoisotopic (exact) mass is 542 g/mol. The highest BCUT2D eigenvalue weighted by Crippen LogP contribution is 2.39. The SMILES string of the molecule is COc1cc2c(cc1OC)C(O)c1ccccc1Cc1ccccc1Cc1ccccc1C(O)c1ccccc1C2. The van der Waals surface area contributed by atoms with Crippen molar-refractivity contribution < 1.29 is 19.7 Å². The Morgan fingerprint density at radius 1 is 0.439 bits per heavy atom. The highest BCUT2D eigenvalue weighted by Gasteiger charge is 2.24. The second kappa shape index (κ2) is 11.6. The average molecular weight is 543 g/mol. The zero-order chi connectivity index (χ0) is 28.3.